The summed E-state index contributed by atoms with van der Waals surface area (Å²) in [6, 6.07) is 15.5. The average molecular weight is 378 g/mol. The van der Waals surface area contributed by atoms with Gasteiger partial charge in [0.15, 0.2) is 0 Å². The molecule has 0 aliphatic rings. The van der Waals surface area contributed by atoms with Crippen molar-refractivity contribution in [2.24, 2.45) is 0 Å². The van der Waals surface area contributed by atoms with E-state index in [0.717, 1.165) is 49.1 Å². The second-order valence-electron chi connectivity index (χ2n) is 7.27. The predicted molar refractivity (Wildman–Crippen MR) is 118 cm³/mol. The summed E-state index contributed by atoms with van der Waals surface area (Å²) in [6.45, 7) is 11.2. The van der Waals surface area contributed by atoms with Crippen molar-refractivity contribution in [1.29, 1.82) is 0 Å². The number of fused-ring (bicyclic) bond motifs is 1. The highest BCUT2D eigenvalue weighted by Crippen LogP contribution is 2.31. The van der Waals surface area contributed by atoms with Crippen molar-refractivity contribution in [1.82, 2.24) is 9.97 Å². The molecule has 0 bridgehead atoms. The molecule has 1 aromatic heterocycles. The van der Waals surface area contributed by atoms with Crippen molar-refractivity contribution in [3.05, 3.63) is 48.0 Å². The van der Waals surface area contributed by atoms with Crippen molar-refractivity contribution in [3.63, 3.8) is 0 Å². The monoisotopic (exact) mass is 377 g/mol. The SMILES string of the molecule is CCCOc1nc(N(CCC)CCC)c2cc(-c3cccc(C)c3)ccc2n1. The summed E-state index contributed by atoms with van der Waals surface area (Å²) in [4.78, 5) is 11.9. The number of aromatic nitrogens is 2. The normalized spacial score (nSPS) is 11.0. The Labute approximate surface area is 168 Å². The molecule has 0 aliphatic carbocycles. The third-order valence-corrected chi connectivity index (χ3v) is 4.73. The summed E-state index contributed by atoms with van der Waals surface area (Å²) in [5.74, 6) is 0.981. The Morgan fingerprint density at radius 3 is 2.29 bits per heavy atom. The number of aryl methyl sites for hydroxylation is 1. The maximum absolute atomic E-state index is 5.79. The van der Waals surface area contributed by atoms with Gasteiger partial charge in [-0.05, 0) is 49.4 Å². The first kappa shape index (κ1) is 20.1. The molecular formula is C24H31N3O. The minimum absolute atomic E-state index is 0.477. The van der Waals surface area contributed by atoms with Gasteiger partial charge >= 0.3 is 6.01 Å². The highest BCUT2D eigenvalue weighted by Gasteiger charge is 2.15. The quantitative estimate of drug-likeness (QED) is 0.457. The van der Waals surface area contributed by atoms with Crippen LogP contribution in [0, 0.1) is 6.92 Å². The third kappa shape index (κ3) is 4.61. The maximum atomic E-state index is 5.79. The number of hydrogen-bond donors (Lipinski definition) is 0. The summed E-state index contributed by atoms with van der Waals surface area (Å²) >= 11 is 0. The molecule has 28 heavy (non-hydrogen) atoms. The van der Waals surface area contributed by atoms with Gasteiger partial charge in [-0.15, -0.1) is 0 Å². The van der Waals surface area contributed by atoms with E-state index in [1.807, 2.05) is 0 Å². The number of hydrogen-bond acceptors (Lipinski definition) is 4. The molecule has 4 nitrogen and oxygen atoms in total. The van der Waals surface area contributed by atoms with Crippen LogP contribution in [0.2, 0.25) is 0 Å². The van der Waals surface area contributed by atoms with E-state index in [4.69, 9.17) is 9.72 Å². The molecule has 0 saturated heterocycles. The van der Waals surface area contributed by atoms with E-state index in [-0.39, 0.29) is 0 Å². The van der Waals surface area contributed by atoms with Gasteiger partial charge in [-0.1, -0.05) is 56.7 Å². The first-order chi connectivity index (χ1) is 13.7. The van der Waals surface area contributed by atoms with Gasteiger partial charge in [0.2, 0.25) is 0 Å². The van der Waals surface area contributed by atoms with Crippen LogP contribution in [0.25, 0.3) is 22.0 Å². The lowest BCUT2D eigenvalue weighted by Gasteiger charge is -2.24. The fourth-order valence-electron chi connectivity index (χ4n) is 3.46. The first-order valence-corrected chi connectivity index (χ1v) is 10.4. The fourth-order valence-corrected chi connectivity index (χ4v) is 3.46. The minimum atomic E-state index is 0.477. The summed E-state index contributed by atoms with van der Waals surface area (Å²) < 4.78 is 5.79. The van der Waals surface area contributed by atoms with Gasteiger partial charge < -0.3 is 9.64 Å². The molecule has 3 aromatic rings. The molecule has 0 N–H and O–H groups in total. The Morgan fingerprint density at radius 1 is 0.857 bits per heavy atom. The highest BCUT2D eigenvalue weighted by molar-refractivity contribution is 5.93. The molecular weight excluding hydrogens is 346 g/mol. The van der Waals surface area contributed by atoms with Gasteiger partial charge in [0.1, 0.15) is 5.82 Å². The van der Waals surface area contributed by atoms with E-state index in [1.54, 1.807) is 0 Å². The van der Waals surface area contributed by atoms with Crippen LogP contribution in [-0.2, 0) is 0 Å². The molecule has 1 heterocycles. The van der Waals surface area contributed by atoms with Gasteiger partial charge in [-0.2, -0.15) is 9.97 Å². The Hall–Kier alpha value is -2.62. The minimum Gasteiger partial charge on any atom is -0.463 e. The molecule has 0 saturated carbocycles. The van der Waals surface area contributed by atoms with Gasteiger partial charge in [0, 0.05) is 18.5 Å². The smallest absolute Gasteiger partial charge is 0.318 e. The van der Waals surface area contributed by atoms with Crippen LogP contribution in [0.1, 0.15) is 45.6 Å². The molecule has 0 radical (unpaired) electrons. The lowest BCUT2D eigenvalue weighted by molar-refractivity contribution is 0.293. The summed E-state index contributed by atoms with van der Waals surface area (Å²) in [7, 11) is 0. The van der Waals surface area contributed by atoms with Crippen LogP contribution in [0.5, 0.6) is 6.01 Å². The van der Waals surface area contributed by atoms with E-state index in [0.29, 0.717) is 12.6 Å². The van der Waals surface area contributed by atoms with E-state index >= 15 is 0 Å². The van der Waals surface area contributed by atoms with Crippen molar-refractivity contribution in [3.8, 4) is 17.1 Å². The zero-order valence-corrected chi connectivity index (χ0v) is 17.5. The molecule has 3 rings (SSSR count). The third-order valence-electron chi connectivity index (χ3n) is 4.73. The zero-order chi connectivity index (χ0) is 19.9. The predicted octanol–water partition coefficient (Wildman–Crippen LogP) is 6.02. The van der Waals surface area contributed by atoms with Gasteiger partial charge in [-0.3, -0.25) is 0 Å². The highest BCUT2D eigenvalue weighted by atomic mass is 16.5. The van der Waals surface area contributed by atoms with Gasteiger partial charge in [0.05, 0.1) is 12.1 Å². The lowest BCUT2D eigenvalue weighted by Crippen LogP contribution is -2.26. The second kappa shape index (κ2) is 9.54. The molecule has 0 fully saturated rings. The fraction of sp³-hybridized carbons (Fsp3) is 0.417. The first-order valence-electron chi connectivity index (χ1n) is 10.4. The van der Waals surface area contributed by atoms with E-state index < -0.39 is 0 Å². The van der Waals surface area contributed by atoms with Crippen LogP contribution < -0.4 is 9.64 Å². The van der Waals surface area contributed by atoms with Crippen LogP contribution in [0.4, 0.5) is 5.82 Å². The number of nitrogens with zero attached hydrogens (tertiary/aromatic N) is 3. The molecule has 0 aliphatic heterocycles. The maximum Gasteiger partial charge on any atom is 0.318 e. The number of rotatable bonds is 9. The summed E-state index contributed by atoms with van der Waals surface area (Å²) in [5.41, 5.74) is 4.61. The van der Waals surface area contributed by atoms with Crippen molar-refractivity contribution < 1.29 is 4.74 Å². The molecule has 4 heteroatoms. The second-order valence-corrected chi connectivity index (χ2v) is 7.27. The van der Waals surface area contributed by atoms with Crippen molar-refractivity contribution in [2.45, 2.75) is 47.0 Å². The number of benzene rings is 2. The largest absolute Gasteiger partial charge is 0.463 e. The Kier molecular flexibility index (Phi) is 6.85. The number of ether oxygens (including phenoxy) is 1. The molecule has 2 aromatic carbocycles. The standard InChI is InChI=1S/C24H31N3O/c1-5-13-27(14-6-2)23-21-17-20(19-10-8-9-18(4)16-19)11-12-22(21)25-24(26-23)28-15-7-3/h8-12,16-17H,5-7,13-15H2,1-4H3. The Bertz CT molecular complexity index is 917. The van der Waals surface area contributed by atoms with Gasteiger partial charge in [0.25, 0.3) is 0 Å². The number of anilines is 1. The van der Waals surface area contributed by atoms with Crippen molar-refractivity contribution in [2.75, 3.05) is 24.6 Å². The van der Waals surface area contributed by atoms with Crippen LogP contribution >= 0.6 is 0 Å². The Balaban J connectivity index is 2.14. The summed E-state index contributed by atoms with van der Waals surface area (Å²) in [6.07, 6.45) is 3.10. The molecule has 0 spiro atoms. The van der Waals surface area contributed by atoms with Crippen LogP contribution in [0.15, 0.2) is 42.5 Å². The van der Waals surface area contributed by atoms with Crippen molar-refractivity contribution >= 4 is 16.7 Å². The van der Waals surface area contributed by atoms with Crippen LogP contribution in [-0.4, -0.2) is 29.7 Å². The molecule has 0 atom stereocenters. The van der Waals surface area contributed by atoms with E-state index in [9.17, 15) is 0 Å². The topological polar surface area (TPSA) is 38.2 Å². The molecule has 0 amide bonds. The van der Waals surface area contributed by atoms with Gasteiger partial charge in [-0.25, -0.2) is 0 Å². The zero-order valence-electron chi connectivity index (χ0n) is 17.5. The molecule has 148 valence electrons. The van der Waals surface area contributed by atoms with E-state index in [1.165, 1.54) is 16.7 Å². The van der Waals surface area contributed by atoms with E-state index in [2.05, 4.69) is 80.0 Å². The van der Waals surface area contributed by atoms with Crippen LogP contribution in [0.3, 0.4) is 0 Å². The summed E-state index contributed by atoms with van der Waals surface area (Å²) in [5, 5.41) is 1.09. The molecule has 0 unspecified atom stereocenters. The Morgan fingerprint density at radius 2 is 1.61 bits per heavy atom. The average Bonchev–Trinajstić information content (AvgIpc) is 2.71. The lowest BCUT2D eigenvalue weighted by atomic mass is 10.0.